The molecular weight excluding hydrogens is 198 g/mol. The van der Waals surface area contributed by atoms with E-state index in [9.17, 15) is 0 Å². The normalized spacial score (nSPS) is 23.2. The summed E-state index contributed by atoms with van der Waals surface area (Å²) >= 11 is 6.11. The third-order valence-electron chi connectivity index (χ3n) is 2.49. The summed E-state index contributed by atoms with van der Waals surface area (Å²) in [5.74, 6) is 0.832. The summed E-state index contributed by atoms with van der Waals surface area (Å²) in [6.45, 7) is 1.99. The Morgan fingerprint density at radius 2 is 2.00 bits per heavy atom. The van der Waals surface area contributed by atoms with Gasteiger partial charge in [0.2, 0.25) is 5.95 Å². The van der Waals surface area contributed by atoms with Crippen molar-refractivity contribution in [3.8, 4) is 0 Å². The van der Waals surface area contributed by atoms with Crippen LogP contribution in [-0.4, -0.2) is 28.4 Å². The van der Waals surface area contributed by atoms with Gasteiger partial charge in [-0.25, -0.2) is 9.97 Å². The van der Waals surface area contributed by atoms with Crippen LogP contribution in [0.5, 0.6) is 0 Å². The summed E-state index contributed by atoms with van der Waals surface area (Å²) in [5, 5.41) is 0.323. The van der Waals surface area contributed by atoms with Gasteiger partial charge in [0.25, 0.3) is 0 Å². The van der Waals surface area contributed by atoms with Crippen molar-refractivity contribution in [3.63, 3.8) is 0 Å². The van der Waals surface area contributed by atoms with Crippen LogP contribution in [0.4, 0.5) is 5.95 Å². The number of nitrogens with zero attached hydrogens (tertiary/aromatic N) is 3. The Hall–Kier alpha value is -0.830. The number of hydrogen-bond acceptors (Lipinski definition) is 3. The Kier molecular flexibility index (Phi) is 3.19. The molecule has 0 N–H and O–H groups in total. The second-order valence-corrected chi connectivity index (χ2v) is 4.18. The molecular formula is C10H14ClN3. The smallest absolute Gasteiger partial charge is 0.225 e. The summed E-state index contributed by atoms with van der Waals surface area (Å²) in [7, 11) is 0. The average molecular weight is 212 g/mol. The van der Waals surface area contributed by atoms with Crippen molar-refractivity contribution in [2.45, 2.75) is 24.6 Å². The lowest BCUT2D eigenvalue weighted by atomic mass is 10.2. The molecule has 0 bridgehead atoms. The number of alkyl halides is 1. The molecule has 0 aliphatic carbocycles. The maximum atomic E-state index is 6.11. The van der Waals surface area contributed by atoms with Crippen LogP contribution < -0.4 is 4.90 Å². The number of halogens is 1. The minimum absolute atomic E-state index is 0.323. The van der Waals surface area contributed by atoms with Gasteiger partial charge in [0.05, 0.1) is 0 Å². The Balaban J connectivity index is 2.04. The Morgan fingerprint density at radius 3 is 2.79 bits per heavy atom. The molecule has 76 valence electrons. The fraction of sp³-hybridized carbons (Fsp3) is 0.600. The first-order valence-corrected chi connectivity index (χ1v) is 5.46. The second-order valence-electron chi connectivity index (χ2n) is 3.56. The van der Waals surface area contributed by atoms with Crippen molar-refractivity contribution >= 4 is 17.5 Å². The lowest BCUT2D eigenvalue weighted by molar-refractivity contribution is 0.735. The Labute approximate surface area is 89.1 Å². The van der Waals surface area contributed by atoms with Crippen LogP contribution in [0, 0.1) is 0 Å². The zero-order chi connectivity index (χ0) is 9.80. The van der Waals surface area contributed by atoms with Crippen LogP contribution in [0.2, 0.25) is 0 Å². The Morgan fingerprint density at radius 1 is 1.21 bits per heavy atom. The summed E-state index contributed by atoms with van der Waals surface area (Å²) in [4.78, 5) is 10.7. The van der Waals surface area contributed by atoms with E-state index in [0.29, 0.717) is 5.38 Å². The van der Waals surface area contributed by atoms with Crippen LogP contribution >= 0.6 is 11.6 Å². The van der Waals surface area contributed by atoms with E-state index in [1.165, 1.54) is 0 Å². The second kappa shape index (κ2) is 4.60. The van der Waals surface area contributed by atoms with Gasteiger partial charge in [0.1, 0.15) is 0 Å². The van der Waals surface area contributed by atoms with Gasteiger partial charge in [-0.05, 0) is 25.3 Å². The van der Waals surface area contributed by atoms with Crippen LogP contribution in [-0.2, 0) is 0 Å². The highest BCUT2D eigenvalue weighted by Gasteiger charge is 2.16. The summed E-state index contributed by atoms with van der Waals surface area (Å²) < 4.78 is 0. The summed E-state index contributed by atoms with van der Waals surface area (Å²) in [5.41, 5.74) is 0. The van der Waals surface area contributed by atoms with Crippen molar-refractivity contribution in [2.75, 3.05) is 18.0 Å². The van der Waals surface area contributed by atoms with Crippen LogP contribution in [0.15, 0.2) is 18.5 Å². The van der Waals surface area contributed by atoms with E-state index in [1.54, 1.807) is 12.4 Å². The molecule has 2 heterocycles. The van der Waals surface area contributed by atoms with E-state index in [4.69, 9.17) is 11.6 Å². The van der Waals surface area contributed by atoms with Crippen LogP contribution in [0.3, 0.4) is 0 Å². The maximum Gasteiger partial charge on any atom is 0.225 e. The maximum absolute atomic E-state index is 6.11. The van der Waals surface area contributed by atoms with Crippen LogP contribution in [0.1, 0.15) is 19.3 Å². The van der Waals surface area contributed by atoms with Crippen molar-refractivity contribution in [1.29, 1.82) is 0 Å². The molecule has 3 nitrogen and oxygen atoms in total. The van der Waals surface area contributed by atoms with E-state index in [2.05, 4.69) is 14.9 Å². The quantitative estimate of drug-likeness (QED) is 0.666. The zero-order valence-electron chi connectivity index (χ0n) is 8.06. The molecule has 1 saturated heterocycles. The third-order valence-corrected chi connectivity index (χ3v) is 2.93. The van der Waals surface area contributed by atoms with Crippen molar-refractivity contribution < 1.29 is 0 Å². The van der Waals surface area contributed by atoms with E-state index >= 15 is 0 Å². The topological polar surface area (TPSA) is 29.0 Å². The van der Waals surface area contributed by atoms with Gasteiger partial charge in [0, 0.05) is 30.9 Å². The number of hydrogen-bond donors (Lipinski definition) is 0. The van der Waals surface area contributed by atoms with Gasteiger partial charge in [-0.1, -0.05) is 0 Å². The summed E-state index contributed by atoms with van der Waals surface area (Å²) in [6, 6.07) is 1.84. The zero-order valence-corrected chi connectivity index (χ0v) is 8.82. The first-order chi connectivity index (χ1) is 6.86. The third kappa shape index (κ3) is 2.35. The van der Waals surface area contributed by atoms with Gasteiger partial charge < -0.3 is 4.90 Å². The number of anilines is 1. The van der Waals surface area contributed by atoms with Gasteiger partial charge >= 0.3 is 0 Å². The molecule has 0 amide bonds. The minimum Gasteiger partial charge on any atom is -0.341 e. The van der Waals surface area contributed by atoms with Crippen molar-refractivity contribution in [3.05, 3.63) is 18.5 Å². The highest BCUT2D eigenvalue weighted by atomic mass is 35.5. The standard InChI is InChI=1S/C10H14ClN3/c11-9-3-1-7-14(8-4-9)10-12-5-2-6-13-10/h2,5-6,9H,1,3-4,7-8H2. The predicted octanol–water partition coefficient (Wildman–Crippen LogP) is 2.07. The van der Waals surface area contributed by atoms with E-state index in [-0.39, 0.29) is 0 Å². The molecule has 1 atom stereocenters. The SMILES string of the molecule is ClC1CCCN(c2ncccn2)CC1. The van der Waals surface area contributed by atoms with Gasteiger partial charge in [-0.2, -0.15) is 0 Å². The molecule has 0 aromatic carbocycles. The molecule has 1 aliphatic heterocycles. The van der Waals surface area contributed by atoms with Crippen molar-refractivity contribution in [2.24, 2.45) is 0 Å². The molecule has 4 heteroatoms. The first-order valence-electron chi connectivity index (χ1n) is 5.02. The lowest BCUT2D eigenvalue weighted by Gasteiger charge is -2.19. The highest BCUT2D eigenvalue weighted by molar-refractivity contribution is 6.20. The molecule has 1 aromatic rings. The molecule has 1 unspecified atom stereocenters. The predicted molar refractivity (Wildman–Crippen MR) is 57.7 cm³/mol. The van der Waals surface area contributed by atoms with E-state index < -0.39 is 0 Å². The fourth-order valence-electron chi connectivity index (χ4n) is 1.71. The highest BCUT2D eigenvalue weighted by Crippen LogP contribution is 2.18. The molecule has 14 heavy (non-hydrogen) atoms. The number of aromatic nitrogens is 2. The van der Waals surface area contributed by atoms with E-state index in [0.717, 1.165) is 38.3 Å². The van der Waals surface area contributed by atoms with Crippen molar-refractivity contribution in [1.82, 2.24) is 9.97 Å². The van der Waals surface area contributed by atoms with Gasteiger partial charge in [0.15, 0.2) is 0 Å². The molecule has 0 saturated carbocycles. The minimum atomic E-state index is 0.323. The van der Waals surface area contributed by atoms with Gasteiger partial charge in [-0.3, -0.25) is 0 Å². The van der Waals surface area contributed by atoms with Crippen LogP contribution in [0.25, 0.3) is 0 Å². The average Bonchev–Trinajstić information content (AvgIpc) is 2.44. The molecule has 1 aromatic heterocycles. The molecule has 1 aliphatic rings. The number of rotatable bonds is 1. The first kappa shape index (κ1) is 9.71. The molecule has 0 radical (unpaired) electrons. The molecule has 2 rings (SSSR count). The molecule has 0 spiro atoms. The van der Waals surface area contributed by atoms with E-state index in [1.807, 2.05) is 6.07 Å². The summed E-state index contributed by atoms with van der Waals surface area (Å²) in [6.07, 6.45) is 6.83. The fourth-order valence-corrected chi connectivity index (χ4v) is 1.96. The monoisotopic (exact) mass is 211 g/mol. The van der Waals surface area contributed by atoms with Gasteiger partial charge in [-0.15, -0.1) is 11.6 Å². The molecule has 1 fully saturated rings. The largest absolute Gasteiger partial charge is 0.341 e. The lowest BCUT2D eigenvalue weighted by Crippen LogP contribution is -2.26. The Bertz CT molecular complexity index is 278.